The smallest absolute Gasteiger partial charge is 0.259 e. The lowest BCUT2D eigenvalue weighted by molar-refractivity contribution is 0.0748. The number of amides is 1. The summed E-state index contributed by atoms with van der Waals surface area (Å²) in [5.41, 5.74) is 3.70. The molecule has 1 aliphatic rings. The molecule has 0 bridgehead atoms. The van der Waals surface area contributed by atoms with Crippen LogP contribution in [0.3, 0.4) is 0 Å². The van der Waals surface area contributed by atoms with Crippen LogP contribution in [0.15, 0.2) is 67.0 Å². The highest BCUT2D eigenvalue weighted by Crippen LogP contribution is 2.30. The van der Waals surface area contributed by atoms with Crippen molar-refractivity contribution in [1.29, 1.82) is 0 Å². The number of ether oxygens (including phenoxy) is 1. The fourth-order valence-corrected chi connectivity index (χ4v) is 4.36. The van der Waals surface area contributed by atoms with E-state index in [0.29, 0.717) is 29.3 Å². The van der Waals surface area contributed by atoms with E-state index in [4.69, 9.17) is 16.3 Å². The van der Waals surface area contributed by atoms with Gasteiger partial charge in [0, 0.05) is 43.0 Å². The van der Waals surface area contributed by atoms with Crippen molar-refractivity contribution in [2.75, 3.05) is 38.2 Å². The summed E-state index contributed by atoms with van der Waals surface area (Å²) in [7, 11) is 1.67. The minimum Gasteiger partial charge on any atom is -0.495 e. The van der Waals surface area contributed by atoms with E-state index >= 15 is 0 Å². The Morgan fingerprint density at radius 1 is 1.00 bits per heavy atom. The number of carbonyl (C=O) groups is 1. The maximum atomic E-state index is 13.3. The molecule has 0 atom stereocenters. The maximum absolute atomic E-state index is 13.3. The molecule has 1 aliphatic heterocycles. The molecule has 1 saturated heterocycles. The van der Waals surface area contributed by atoms with Crippen molar-refractivity contribution in [3.8, 4) is 17.0 Å². The van der Waals surface area contributed by atoms with E-state index in [9.17, 15) is 4.79 Å². The second kappa shape index (κ2) is 8.51. The van der Waals surface area contributed by atoms with E-state index in [1.807, 2.05) is 59.5 Å². The van der Waals surface area contributed by atoms with Gasteiger partial charge in [0.2, 0.25) is 0 Å². The molecule has 0 radical (unpaired) electrons. The van der Waals surface area contributed by atoms with Crippen molar-refractivity contribution >= 4 is 28.8 Å². The second-order valence-electron chi connectivity index (χ2n) is 7.55. The van der Waals surface area contributed by atoms with E-state index in [1.165, 1.54) is 0 Å². The third-order valence-electron chi connectivity index (χ3n) is 5.77. The van der Waals surface area contributed by atoms with Crippen molar-refractivity contribution in [3.63, 3.8) is 0 Å². The minimum absolute atomic E-state index is 0.0662. The molecule has 0 aliphatic carbocycles. The van der Waals surface area contributed by atoms with Gasteiger partial charge in [0.25, 0.3) is 5.91 Å². The standard InChI is InChI=1S/C24H22ClN5O2/c1-32-22-9-5-4-8-21(22)28-12-14-29(15-13-28)24(31)18-16-27-30-20(10-11-26-23(18)30)17-6-2-3-7-19(17)25/h2-11,16H,12-15H2,1H3. The molecule has 1 fully saturated rings. The number of fused-ring (bicyclic) bond motifs is 1. The molecular formula is C24H22ClN5O2. The highest BCUT2D eigenvalue weighted by molar-refractivity contribution is 6.33. The van der Waals surface area contributed by atoms with Gasteiger partial charge in [-0.1, -0.05) is 41.9 Å². The molecule has 2 aromatic heterocycles. The Morgan fingerprint density at radius 2 is 1.75 bits per heavy atom. The molecule has 0 unspecified atom stereocenters. The second-order valence-corrected chi connectivity index (χ2v) is 7.96. The molecule has 5 rings (SSSR count). The van der Waals surface area contributed by atoms with Crippen molar-refractivity contribution in [2.24, 2.45) is 0 Å². The van der Waals surface area contributed by atoms with E-state index in [0.717, 1.165) is 35.8 Å². The molecule has 2 aromatic carbocycles. The summed E-state index contributed by atoms with van der Waals surface area (Å²) < 4.78 is 7.17. The van der Waals surface area contributed by atoms with Crippen LogP contribution in [0.25, 0.3) is 16.9 Å². The molecule has 7 nitrogen and oxygen atoms in total. The Kier molecular flexibility index (Phi) is 5.41. The SMILES string of the molecule is COc1ccccc1N1CCN(C(=O)c2cnn3c(-c4ccccc4Cl)ccnc23)CC1. The van der Waals surface area contributed by atoms with Crippen molar-refractivity contribution < 1.29 is 9.53 Å². The Balaban J connectivity index is 1.38. The Bertz CT molecular complexity index is 1280. The summed E-state index contributed by atoms with van der Waals surface area (Å²) in [5.74, 6) is 0.773. The van der Waals surface area contributed by atoms with Gasteiger partial charge in [-0.05, 0) is 24.3 Å². The molecular weight excluding hydrogens is 426 g/mol. The fourth-order valence-electron chi connectivity index (χ4n) is 4.13. The van der Waals surface area contributed by atoms with Crippen LogP contribution in [0.2, 0.25) is 5.02 Å². The average molecular weight is 448 g/mol. The van der Waals surface area contributed by atoms with Gasteiger partial charge in [0.05, 0.1) is 24.7 Å². The monoisotopic (exact) mass is 447 g/mol. The number of hydrogen-bond acceptors (Lipinski definition) is 5. The topological polar surface area (TPSA) is 63.0 Å². The average Bonchev–Trinajstić information content (AvgIpc) is 3.28. The van der Waals surface area contributed by atoms with Gasteiger partial charge in [-0.2, -0.15) is 5.10 Å². The van der Waals surface area contributed by atoms with E-state index < -0.39 is 0 Å². The predicted octanol–water partition coefficient (Wildman–Crippen LogP) is 4.02. The number of carbonyl (C=O) groups excluding carboxylic acids is 1. The number of benzene rings is 2. The predicted molar refractivity (Wildman–Crippen MR) is 125 cm³/mol. The largest absolute Gasteiger partial charge is 0.495 e. The maximum Gasteiger partial charge on any atom is 0.259 e. The zero-order valence-electron chi connectivity index (χ0n) is 17.6. The molecule has 0 saturated carbocycles. The molecule has 162 valence electrons. The zero-order chi connectivity index (χ0) is 22.1. The zero-order valence-corrected chi connectivity index (χ0v) is 18.4. The quantitative estimate of drug-likeness (QED) is 0.473. The van der Waals surface area contributed by atoms with Gasteiger partial charge in [-0.15, -0.1) is 0 Å². The number of hydrogen-bond donors (Lipinski definition) is 0. The highest BCUT2D eigenvalue weighted by Gasteiger charge is 2.26. The summed E-state index contributed by atoms with van der Waals surface area (Å²) >= 11 is 6.39. The summed E-state index contributed by atoms with van der Waals surface area (Å²) in [6.45, 7) is 2.67. The lowest BCUT2D eigenvalue weighted by Crippen LogP contribution is -2.48. The van der Waals surface area contributed by atoms with Gasteiger partial charge < -0.3 is 14.5 Å². The van der Waals surface area contributed by atoms with Crippen LogP contribution < -0.4 is 9.64 Å². The molecule has 4 aromatic rings. The van der Waals surface area contributed by atoms with E-state index in [2.05, 4.69) is 15.0 Å². The van der Waals surface area contributed by atoms with Crippen LogP contribution in [-0.4, -0.2) is 58.7 Å². The van der Waals surface area contributed by atoms with Gasteiger partial charge in [-0.3, -0.25) is 4.79 Å². The summed E-state index contributed by atoms with van der Waals surface area (Å²) in [4.78, 5) is 21.9. The van der Waals surface area contributed by atoms with Gasteiger partial charge in [0.15, 0.2) is 5.65 Å². The molecule has 8 heteroatoms. The number of nitrogens with zero attached hydrogens (tertiary/aromatic N) is 5. The number of methoxy groups -OCH3 is 1. The number of piperazine rings is 1. The summed E-state index contributed by atoms with van der Waals surface area (Å²) in [5, 5.41) is 5.08. The first kappa shape index (κ1) is 20.3. The number of anilines is 1. The van der Waals surface area contributed by atoms with Gasteiger partial charge in [-0.25, -0.2) is 9.50 Å². The Morgan fingerprint density at radius 3 is 2.53 bits per heavy atom. The lowest BCUT2D eigenvalue weighted by atomic mass is 10.1. The van der Waals surface area contributed by atoms with Gasteiger partial charge >= 0.3 is 0 Å². The van der Waals surface area contributed by atoms with Crippen LogP contribution in [0.4, 0.5) is 5.69 Å². The van der Waals surface area contributed by atoms with Crippen molar-refractivity contribution in [1.82, 2.24) is 19.5 Å². The molecule has 32 heavy (non-hydrogen) atoms. The minimum atomic E-state index is -0.0662. The molecule has 0 spiro atoms. The third-order valence-corrected chi connectivity index (χ3v) is 6.10. The fraction of sp³-hybridized carbons (Fsp3) is 0.208. The van der Waals surface area contributed by atoms with Crippen LogP contribution in [0.5, 0.6) is 5.75 Å². The third kappa shape index (κ3) is 3.54. The lowest BCUT2D eigenvalue weighted by Gasteiger charge is -2.36. The first-order valence-electron chi connectivity index (χ1n) is 10.4. The van der Waals surface area contributed by atoms with E-state index in [-0.39, 0.29) is 5.91 Å². The van der Waals surface area contributed by atoms with Gasteiger partial charge in [0.1, 0.15) is 11.3 Å². The number of halogens is 1. The highest BCUT2D eigenvalue weighted by atomic mass is 35.5. The summed E-state index contributed by atoms with van der Waals surface area (Å²) in [6.07, 6.45) is 3.28. The number of rotatable bonds is 4. The van der Waals surface area contributed by atoms with Crippen LogP contribution >= 0.6 is 11.6 Å². The Labute approximate surface area is 190 Å². The van der Waals surface area contributed by atoms with Crippen LogP contribution in [0.1, 0.15) is 10.4 Å². The summed E-state index contributed by atoms with van der Waals surface area (Å²) in [6, 6.07) is 17.4. The normalized spacial score (nSPS) is 14.1. The molecule has 1 amide bonds. The molecule has 3 heterocycles. The number of para-hydroxylation sites is 2. The van der Waals surface area contributed by atoms with E-state index in [1.54, 1.807) is 24.0 Å². The number of aromatic nitrogens is 3. The van der Waals surface area contributed by atoms with Crippen LogP contribution in [-0.2, 0) is 0 Å². The van der Waals surface area contributed by atoms with Crippen molar-refractivity contribution in [2.45, 2.75) is 0 Å². The van der Waals surface area contributed by atoms with Crippen molar-refractivity contribution in [3.05, 3.63) is 77.6 Å². The van der Waals surface area contributed by atoms with Crippen LogP contribution in [0, 0.1) is 0 Å². The first-order chi connectivity index (χ1) is 15.7. The Hall–Kier alpha value is -3.58. The molecule has 0 N–H and O–H groups in total. The first-order valence-corrected chi connectivity index (χ1v) is 10.8.